The lowest BCUT2D eigenvalue weighted by atomic mass is 9.89. The molecule has 2 aliphatic heterocycles. The first-order valence-electron chi connectivity index (χ1n) is 15.7. The highest BCUT2D eigenvalue weighted by Crippen LogP contribution is 2.30. The topological polar surface area (TPSA) is 132 Å². The van der Waals surface area contributed by atoms with Crippen LogP contribution in [-0.2, 0) is 16.1 Å². The molecule has 244 valence electrons. The van der Waals surface area contributed by atoms with Crippen LogP contribution in [0.2, 0.25) is 5.02 Å². The second-order valence-corrected chi connectivity index (χ2v) is 13.5. The molecule has 0 aliphatic carbocycles. The largest absolute Gasteiger partial charge is 0.356 e. The van der Waals surface area contributed by atoms with Crippen LogP contribution < -0.4 is 20.9 Å². The van der Waals surface area contributed by atoms with Crippen LogP contribution in [0, 0.1) is 13.8 Å². The number of carbonyl (C=O) groups is 3. The fraction of sp³-hybridized carbons (Fsp3) is 0.353. The normalized spacial score (nSPS) is 17.1. The van der Waals surface area contributed by atoms with E-state index in [2.05, 4.69) is 54.9 Å². The number of nitrogens with one attached hydrogen (secondary N) is 3. The van der Waals surface area contributed by atoms with E-state index in [1.807, 2.05) is 44.2 Å². The van der Waals surface area contributed by atoms with Crippen molar-refractivity contribution < 1.29 is 14.4 Å². The lowest BCUT2D eigenvalue weighted by Crippen LogP contribution is -2.43. The molecular weight excluding hydrogens is 636 g/mol. The number of imide groups is 1. The predicted octanol–water partition coefficient (Wildman–Crippen LogP) is 5.82. The van der Waals surface area contributed by atoms with Gasteiger partial charge in [-0.3, -0.25) is 24.6 Å². The average Bonchev–Trinajstić information content (AvgIpc) is 3.51. The number of hydrogen-bond acceptors (Lipinski definition) is 10. The Morgan fingerprint density at radius 3 is 2.64 bits per heavy atom. The van der Waals surface area contributed by atoms with Crippen LogP contribution in [0.4, 0.5) is 22.5 Å². The Hall–Kier alpha value is -4.39. The first kappa shape index (κ1) is 32.5. The van der Waals surface area contributed by atoms with Crippen LogP contribution in [0.1, 0.15) is 63.8 Å². The number of aryl methyl sites for hydroxylation is 2. The van der Waals surface area contributed by atoms with Crippen LogP contribution in [0.3, 0.4) is 0 Å². The van der Waals surface area contributed by atoms with Gasteiger partial charge >= 0.3 is 0 Å². The number of hydrogen-bond donors (Lipinski definition) is 3. The van der Waals surface area contributed by atoms with Crippen molar-refractivity contribution in [1.82, 2.24) is 25.2 Å². The molecule has 3 N–H and O–H groups in total. The quantitative estimate of drug-likeness (QED) is 0.188. The zero-order valence-corrected chi connectivity index (χ0v) is 28.1. The molecule has 0 saturated carbocycles. The van der Waals surface area contributed by atoms with E-state index in [4.69, 9.17) is 16.6 Å². The summed E-state index contributed by atoms with van der Waals surface area (Å²) in [6, 6.07) is 16.0. The maximum absolute atomic E-state index is 12.9. The number of anilines is 4. The maximum Gasteiger partial charge on any atom is 0.267 e. The molecule has 13 heteroatoms. The zero-order valence-electron chi connectivity index (χ0n) is 26.5. The minimum absolute atomic E-state index is 0.196. The first-order valence-corrected chi connectivity index (χ1v) is 16.8. The van der Waals surface area contributed by atoms with Crippen molar-refractivity contribution in [2.24, 2.45) is 0 Å². The predicted molar refractivity (Wildman–Crippen MR) is 185 cm³/mol. The first-order chi connectivity index (χ1) is 22.6. The molecule has 0 spiro atoms. The molecule has 1 atom stereocenters. The summed E-state index contributed by atoms with van der Waals surface area (Å²) in [5.41, 5.74) is 3.59. The molecule has 1 unspecified atom stereocenters. The molecular formula is C34H37ClN8O3S. The summed E-state index contributed by atoms with van der Waals surface area (Å²) in [5, 5.41) is 9.64. The van der Waals surface area contributed by atoms with Crippen molar-refractivity contribution in [1.29, 1.82) is 0 Å². The molecule has 47 heavy (non-hydrogen) atoms. The number of thiazole rings is 1. The van der Waals surface area contributed by atoms with Gasteiger partial charge in [0.1, 0.15) is 22.3 Å². The Kier molecular flexibility index (Phi) is 9.81. The minimum Gasteiger partial charge on any atom is -0.356 e. The van der Waals surface area contributed by atoms with Crippen molar-refractivity contribution in [3.05, 3.63) is 87.1 Å². The van der Waals surface area contributed by atoms with Crippen molar-refractivity contribution in [3.63, 3.8) is 0 Å². The van der Waals surface area contributed by atoms with E-state index in [1.54, 1.807) is 6.07 Å². The van der Waals surface area contributed by atoms with Crippen LogP contribution in [0.15, 0.2) is 54.7 Å². The monoisotopic (exact) mass is 672 g/mol. The summed E-state index contributed by atoms with van der Waals surface area (Å²) in [7, 11) is 2.15. The lowest BCUT2D eigenvalue weighted by Gasteiger charge is -2.37. The third kappa shape index (κ3) is 7.78. The number of carbonyl (C=O) groups excluding carboxylic acids is 3. The lowest BCUT2D eigenvalue weighted by molar-refractivity contribution is -0.134. The summed E-state index contributed by atoms with van der Waals surface area (Å²) < 4.78 is 0. The number of para-hydroxylation sites is 1. The van der Waals surface area contributed by atoms with Crippen molar-refractivity contribution in [2.75, 3.05) is 35.7 Å². The smallest absolute Gasteiger partial charge is 0.267 e. The van der Waals surface area contributed by atoms with E-state index in [9.17, 15) is 14.4 Å². The van der Waals surface area contributed by atoms with Gasteiger partial charge in [0, 0.05) is 38.2 Å². The molecule has 4 aromatic rings. The van der Waals surface area contributed by atoms with Gasteiger partial charge in [-0.25, -0.2) is 15.0 Å². The second kappa shape index (κ2) is 14.2. The number of halogens is 1. The van der Waals surface area contributed by atoms with Gasteiger partial charge in [0.25, 0.3) is 5.91 Å². The van der Waals surface area contributed by atoms with Gasteiger partial charge in [-0.05, 0) is 62.9 Å². The summed E-state index contributed by atoms with van der Waals surface area (Å²) >= 11 is 7.52. The Morgan fingerprint density at radius 2 is 1.87 bits per heavy atom. The SMILES string of the molecule is Cc1nc(Nc2ncc(C(=O)Nc3c(C)cccc3Cl)s2)cc(N2CCC(N(C)Cc3cccc(C4CCC(=O)NC4=O)c3)CC2)n1. The number of benzene rings is 2. The highest BCUT2D eigenvalue weighted by molar-refractivity contribution is 7.17. The Labute approximate surface area is 282 Å². The third-order valence-corrected chi connectivity index (χ3v) is 9.91. The molecule has 2 fully saturated rings. The molecule has 2 aromatic heterocycles. The van der Waals surface area contributed by atoms with Gasteiger partial charge in [0.05, 0.1) is 22.8 Å². The number of rotatable bonds is 9. The van der Waals surface area contributed by atoms with Gasteiger partial charge in [0.2, 0.25) is 11.8 Å². The van der Waals surface area contributed by atoms with Gasteiger partial charge in [-0.15, -0.1) is 0 Å². The average molecular weight is 673 g/mol. The van der Waals surface area contributed by atoms with Gasteiger partial charge in [0.15, 0.2) is 5.13 Å². The molecule has 0 radical (unpaired) electrons. The van der Waals surface area contributed by atoms with Gasteiger partial charge in [-0.1, -0.05) is 59.3 Å². The Bertz CT molecular complexity index is 1790. The van der Waals surface area contributed by atoms with E-state index in [0.29, 0.717) is 51.2 Å². The standard InChI is InChI=1S/C34H37ClN8O3S/c1-20-6-4-9-26(35)31(20)41-33(46)27-18-36-34(47-27)39-28-17-29(38-21(2)37-28)43-14-12-24(13-15-43)42(3)19-22-7-5-8-23(16-22)25-10-11-30(44)40-32(25)45/h4-9,16-18,24-25H,10-15,19H2,1-3H3,(H,41,46)(H,40,44,45)(H,36,37,38,39). The molecule has 6 rings (SSSR count). The molecule has 2 saturated heterocycles. The summed E-state index contributed by atoms with van der Waals surface area (Å²) in [5.74, 6) is 1.15. The summed E-state index contributed by atoms with van der Waals surface area (Å²) in [4.78, 5) is 55.6. The van der Waals surface area contributed by atoms with E-state index < -0.39 is 0 Å². The van der Waals surface area contributed by atoms with Gasteiger partial charge < -0.3 is 15.5 Å². The molecule has 4 heterocycles. The van der Waals surface area contributed by atoms with Crippen LogP contribution in [0.25, 0.3) is 0 Å². The van der Waals surface area contributed by atoms with Crippen molar-refractivity contribution in [2.45, 2.75) is 58.0 Å². The highest BCUT2D eigenvalue weighted by Gasteiger charge is 2.29. The second-order valence-electron chi connectivity index (χ2n) is 12.1. The van der Waals surface area contributed by atoms with Gasteiger partial charge in [-0.2, -0.15) is 0 Å². The Morgan fingerprint density at radius 1 is 1.09 bits per heavy atom. The fourth-order valence-corrected chi connectivity index (χ4v) is 7.15. The Balaban J connectivity index is 1.04. The zero-order chi connectivity index (χ0) is 33.1. The molecule has 3 amide bonds. The van der Waals surface area contributed by atoms with Crippen LogP contribution in [0.5, 0.6) is 0 Å². The maximum atomic E-state index is 12.9. The summed E-state index contributed by atoms with van der Waals surface area (Å²) in [6.07, 6.45) is 4.42. The van der Waals surface area contributed by atoms with Crippen LogP contribution in [-0.4, -0.2) is 63.8 Å². The third-order valence-electron chi connectivity index (χ3n) is 8.69. The van der Waals surface area contributed by atoms with E-state index in [1.165, 1.54) is 17.5 Å². The van der Waals surface area contributed by atoms with E-state index in [-0.39, 0.29) is 23.6 Å². The molecule has 11 nitrogen and oxygen atoms in total. The highest BCUT2D eigenvalue weighted by atomic mass is 35.5. The number of piperidine rings is 2. The minimum atomic E-state index is -0.280. The molecule has 2 aromatic carbocycles. The van der Waals surface area contributed by atoms with Crippen molar-refractivity contribution >= 4 is 63.1 Å². The van der Waals surface area contributed by atoms with Crippen LogP contribution >= 0.6 is 22.9 Å². The molecule has 0 bridgehead atoms. The number of amides is 3. The van der Waals surface area contributed by atoms with E-state index in [0.717, 1.165) is 55.0 Å². The number of nitrogens with zero attached hydrogens (tertiary/aromatic N) is 5. The molecule has 2 aliphatic rings. The summed E-state index contributed by atoms with van der Waals surface area (Å²) in [6.45, 7) is 6.24. The fourth-order valence-electron chi connectivity index (χ4n) is 6.16. The van der Waals surface area contributed by atoms with E-state index >= 15 is 0 Å². The van der Waals surface area contributed by atoms with Crippen molar-refractivity contribution in [3.8, 4) is 0 Å². The number of aromatic nitrogens is 3.